The highest BCUT2D eigenvalue weighted by Gasteiger charge is 2.24. The zero-order chi connectivity index (χ0) is 41.7. The van der Waals surface area contributed by atoms with Crippen LogP contribution < -0.4 is 5.32 Å². The molecule has 1 amide bonds. The molecular weight excluding hydrogens is 707 g/mol. The Bertz CT molecular complexity index is 1070. The van der Waals surface area contributed by atoms with E-state index >= 15 is 0 Å². The van der Waals surface area contributed by atoms with Gasteiger partial charge in [-0.2, -0.15) is 0 Å². The number of hydrogen-bond donors (Lipinski definition) is 3. The zero-order valence-electron chi connectivity index (χ0n) is 37.2. The Kier molecular flexibility index (Phi) is 42.3. The molecule has 6 heteroatoms. The topological polar surface area (TPSA) is 95.9 Å². The Balaban J connectivity index is 4.53. The highest BCUT2D eigenvalue weighted by Crippen LogP contribution is 2.17. The molecule has 3 unspecified atom stereocenters. The number of amides is 1. The fourth-order valence-corrected chi connectivity index (χ4v) is 6.69. The zero-order valence-corrected chi connectivity index (χ0v) is 37.2. The Morgan fingerprint density at radius 1 is 0.526 bits per heavy atom. The van der Waals surface area contributed by atoms with Crippen LogP contribution in [0.3, 0.4) is 0 Å². The average Bonchev–Trinajstić information content (AvgIpc) is 3.20. The monoisotopic (exact) mass is 796 g/mol. The third-order valence-electron chi connectivity index (χ3n) is 10.3. The summed E-state index contributed by atoms with van der Waals surface area (Å²) < 4.78 is 5.87. The lowest BCUT2D eigenvalue weighted by Crippen LogP contribution is -2.46. The van der Waals surface area contributed by atoms with Crippen molar-refractivity contribution in [2.45, 2.75) is 232 Å². The van der Waals surface area contributed by atoms with Gasteiger partial charge in [-0.3, -0.25) is 9.59 Å². The quantitative estimate of drug-likeness (QED) is 0.0325. The van der Waals surface area contributed by atoms with E-state index in [9.17, 15) is 19.8 Å². The van der Waals surface area contributed by atoms with Crippen molar-refractivity contribution in [2.24, 2.45) is 0 Å². The van der Waals surface area contributed by atoms with E-state index in [0.717, 1.165) is 116 Å². The first-order chi connectivity index (χ1) is 28.0. The molecule has 0 heterocycles. The van der Waals surface area contributed by atoms with Crippen molar-refractivity contribution < 1.29 is 24.5 Å². The van der Waals surface area contributed by atoms with Crippen LogP contribution in [0.5, 0.6) is 0 Å². The molecule has 0 fully saturated rings. The number of aliphatic hydroxyl groups is 2. The van der Waals surface area contributed by atoms with Crippen LogP contribution in [0.4, 0.5) is 0 Å². The predicted octanol–water partition coefficient (Wildman–Crippen LogP) is 13.8. The van der Waals surface area contributed by atoms with Crippen LogP contribution in [0.2, 0.25) is 0 Å². The fraction of sp³-hybridized carbons (Fsp3) is 0.725. The van der Waals surface area contributed by atoms with Gasteiger partial charge in [0.1, 0.15) is 6.10 Å². The smallest absolute Gasteiger partial charge is 0.306 e. The maximum absolute atomic E-state index is 13.1. The van der Waals surface area contributed by atoms with Gasteiger partial charge in [0, 0.05) is 6.42 Å². The van der Waals surface area contributed by atoms with Crippen molar-refractivity contribution in [2.75, 3.05) is 6.61 Å². The number of unbranched alkanes of at least 4 members (excludes halogenated alkanes) is 17. The van der Waals surface area contributed by atoms with Gasteiger partial charge in [-0.05, 0) is 89.9 Å². The Morgan fingerprint density at radius 2 is 0.982 bits per heavy atom. The minimum absolute atomic E-state index is 0.0495. The minimum Gasteiger partial charge on any atom is -0.462 e. The lowest BCUT2D eigenvalue weighted by molar-refractivity contribution is -0.151. The second kappa shape index (κ2) is 44.4. The second-order valence-electron chi connectivity index (χ2n) is 15.8. The molecule has 0 spiro atoms. The number of carbonyl (C=O) groups is 2. The third-order valence-corrected chi connectivity index (χ3v) is 10.3. The summed E-state index contributed by atoms with van der Waals surface area (Å²) in [5.41, 5.74) is 0. The van der Waals surface area contributed by atoms with Crippen molar-refractivity contribution in [1.82, 2.24) is 5.32 Å². The van der Waals surface area contributed by atoms with Crippen molar-refractivity contribution in [3.8, 4) is 0 Å². The molecule has 3 atom stereocenters. The first-order valence-electron chi connectivity index (χ1n) is 23.7. The van der Waals surface area contributed by atoms with Crippen molar-refractivity contribution in [3.05, 3.63) is 72.9 Å². The van der Waals surface area contributed by atoms with Crippen LogP contribution >= 0.6 is 0 Å². The minimum atomic E-state index is -0.797. The summed E-state index contributed by atoms with van der Waals surface area (Å²) in [5, 5.41) is 23.6. The van der Waals surface area contributed by atoms with Gasteiger partial charge in [0.05, 0.1) is 25.2 Å². The largest absolute Gasteiger partial charge is 0.462 e. The molecule has 0 aliphatic heterocycles. The number of esters is 1. The van der Waals surface area contributed by atoms with Gasteiger partial charge in [-0.15, -0.1) is 0 Å². The second-order valence-corrected chi connectivity index (χ2v) is 15.8. The number of carbonyl (C=O) groups excluding carboxylic acids is 2. The van der Waals surface area contributed by atoms with Gasteiger partial charge in [-0.25, -0.2) is 0 Å². The van der Waals surface area contributed by atoms with Crippen LogP contribution in [0, 0.1) is 0 Å². The number of rotatable bonds is 41. The summed E-state index contributed by atoms with van der Waals surface area (Å²) in [5.74, 6) is -0.537. The van der Waals surface area contributed by atoms with Crippen LogP contribution in [0.15, 0.2) is 72.9 Å². The summed E-state index contributed by atoms with van der Waals surface area (Å²) in [7, 11) is 0. The highest BCUT2D eigenvalue weighted by molar-refractivity contribution is 5.77. The number of nitrogens with one attached hydrogen (secondary N) is 1. The molecule has 0 aromatic carbocycles. The SMILES string of the molecule is CC/C=C\C/C=C\C/C=C\C/C=C\C/C=C\CCCCCC(=O)OC(CCCCC/C=C\CCC)CC(=O)NC(CO)C(O)CCCCCCCCCCCCC. The van der Waals surface area contributed by atoms with Crippen molar-refractivity contribution in [3.63, 3.8) is 0 Å². The molecule has 328 valence electrons. The fourth-order valence-electron chi connectivity index (χ4n) is 6.69. The van der Waals surface area contributed by atoms with Gasteiger partial charge in [0.25, 0.3) is 0 Å². The van der Waals surface area contributed by atoms with Gasteiger partial charge in [0.15, 0.2) is 0 Å². The molecule has 57 heavy (non-hydrogen) atoms. The molecule has 0 radical (unpaired) electrons. The molecule has 0 bridgehead atoms. The average molecular weight is 796 g/mol. The third kappa shape index (κ3) is 39.9. The summed E-state index contributed by atoms with van der Waals surface area (Å²) in [6, 6.07) is -0.713. The van der Waals surface area contributed by atoms with Crippen molar-refractivity contribution in [1.29, 1.82) is 0 Å². The normalized spacial score (nSPS) is 14.0. The maximum Gasteiger partial charge on any atom is 0.306 e. The molecule has 0 aliphatic carbocycles. The van der Waals surface area contributed by atoms with Crippen LogP contribution in [-0.2, 0) is 14.3 Å². The van der Waals surface area contributed by atoms with Gasteiger partial charge in [0.2, 0.25) is 5.91 Å². The van der Waals surface area contributed by atoms with Gasteiger partial charge >= 0.3 is 5.97 Å². The molecule has 0 saturated carbocycles. The van der Waals surface area contributed by atoms with E-state index < -0.39 is 18.2 Å². The summed E-state index contributed by atoms with van der Waals surface area (Å²) in [4.78, 5) is 25.9. The lowest BCUT2D eigenvalue weighted by Gasteiger charge is -2.24. The van der Waals surface area contributed by atoms with Gasteiger partial charge < -0.3 is 20.3 Å². The van der Waals surface area contributed by atoms with E-state index in [1.165, 1.54) is 51.4 Å². The molecular formula is C51H89NO5. The predicted molar refractivity (Wildman–Crippen MR) is 245 cm³/mol. The first-order valence-corrected chi connectivity index (χ1v) is 23.7. The molecule has 0 saturated heterocycles. The molecule has 0 rings (SSSR count). The number of hydrogen-bond acceptors (Lipinski definition) is 5. The molecule has 0 aromatic heterocycles. The summed E-state index contributed by atoms with van der Waals surface area (Å²) in [6.45, 7) is 6.26. The van der Waals surface area contributed by atoms with Crippen LogP contribution in [0.1, 0.15) is 213 Å². The Hall–Kier alpha value is -2.70. The Labute approximate surface area is 351 Å². The molecule has 0 aliphatic rings. The van der Waals surface area contributed by atoms with E-state index in [0.29, 0.717) is 19.3 Å². The number of allylic oxidation sites excluding steroid dienone is 12. The summed E-state index contributed by atoms with van der Waals surface area (Å²) in [6.07, 6.45) is 55.4. The molecule has 0 aromatic rings. The lowest BCUT2D eigenvalue weighted by atomic mass is 10.0. The van der Waals surface area contributed by atoms with Crippen LogP contribution in [-0.4, -0.2) is 46.9 Å². The first kappa shape index (κ1) is 54.3. The molecule has 6 nitrogen and oxygen atoms in total. The summed E-state index contributed by atoms with van der Waals surface area (Å²) >= 11 is 0. The molecule has 3 N–H and O–H groups in total. The van der Waals surface area contributed by atoms with Crippen LogP contribution in [0.25, 0.3) is 0 Å². The highest BCUT2D eigenvalue weighted by atomic mass is 16.5. The van der Waals surface area contributed by atoms with E-state index in [2.05, 4.69) is 99.0 Å². The standard InChI is InChI=1S/C51H89NO5/c1-4-7-10-13-16-19-21-22-23-24-25-26-27-28-30-32-35-38-41-44-51(56)57-47(42-39-36-33-18-15-12-9-6-3)45-50(55)52-48(46-53)49(54)43-40-37-34-31-29-20-17-14-11-8-5-2/h7,10,12,15-16,19,22-23,25-26,28,30,47-49,53-54H,4-6,8-9,11,13-14,17-18,20-21,24,27,29,31-46H2,1-3H3,(H,52,55)/b10-7-,15-12-,19-16-,23-22-,26-25-,30-28-. The van der Waals surface area contributed by atoms with Gasteiger partial charge in [-0.1, -0.05) is 184 Å². The van der Waals surface area contributed by atoms with E-state index in [1.54, 1.807) is 0 Å². The number of ether oxygens (including phenoxy) is 1. The maximum atomic E-state index is 13.1. The van der Waals surface area contributed by atoms with E-state index in [-0.39, 0.29) is 24.9 Å². The van der Waals surface area contributed by atoms with E-state index in [4.69, 9.17) is 4.74 Å². The Morgan fingerprint density at radius 3 is 1.53 bits per heavy atom. The van der Waals surface area contributed by atoms with E-state index in [1.807, 2.05) is 0 Å². The number of aliphatic hydroxyl groups excluding tert-OH is 2. The van der Waals surface area contributed by atoms with Crippen molar-refractivity contribution >= 4 is 11.9 Å².